The van der Waals surface area contributed by atoms with Gasteiger partial charge in [0.15, 0.2) is 0 Å². The van der Waals surface area contributed by atoms with Gasteiger partial charge in [-0.05, 0) is 12.8 Å². The molecule has 1 saturated carbocycles. The van der Waals surface area contributed by atoms with E-state index in [1.807, 2.05) is 0 Å². The fourth-order valence-electron chi connectivity index (χ4n) is 1.12. The van der Waals surface area contributed by atoms with Crippen molar-refractivity contribution in [1.29, 1.82) is 0 Å². The fraction of sp³-hybridized carbons (Fsp3) is 0.857. The molecule has 0 aromatic carbocycles. The lowest BCUT2D eigenvalue weighted by molar-refractivity contribution is -0.120. The number of hydrogen-bond donors (Lipinski definition) is 0. The highest BCUT2D eigenvalue weighted by Crippen LogP contribution is 2.39. The van der Waals surface area contributed by atoms with E-state index in [1.165, 1.54) is 0 Å². The molecule has 0 spiro atoms. The second-order valence-corrected chi connectivity index (χ2v) is 2.87. The highest BCUT2D eigenvalue weighted by Gasteiger charge is 2.46. The Hall–Kier alpha value is -0.570. The summed E-state index contributed by atoms with van der Waals surface area (Å²) in [5.74, 6) is 0. The summed E-state index contributed by atoms with van der Waals surface area (Å²) in [4.78, 5) is 12.0. The quantitative estimate of drug-likeness (QED) is 0.528. The number of methoxy groups -OCH3 is 1. The van der Waals surface area contributed by atoms with Gasteiger partial charge in [0.1, 0.15) is 0 Å². The van der Waals surface area contributed by atoms with Gasteiger partial charge in [-0.15, -0.1) is 0 Å². The largest absolute Gasteiger partial charge is 0.382 e. The van der Waals surface area contributed by atoms with Crippen molar-refractivity contribution in [3.05, 3.63) is 0 Å². The van der Waals surface area contributed by atoms with Crippen molar-refractivity contribution in [2.45, 2.75) is 18.4 Å². The molecular formula is C7H13NO2. The zero-order valence-corrected chi connectivity index (χ0v) is 6.46. The van der Waals surface area contributed by atoms with Gasteiger partial charge in [0, 0.05) is 14.2 Å². The van der Waals surface area contributed by atoms with Crippen LogP contribution in [0.15, 0.2) is 0 Å². The van der Waals surface area contributed by atoms with Gasteiger partial charge in [-0.3, -0.25) is 4.79 Å². The van der Waals surface area contributed by atoms with Gasteiger partial charge in [0.05, 0.1) is 12.1 Å². The van der Waals surface area contributed by atoms with Gasteiger partial charge in [-0.1, -0.05) is 0 Å². The Bertz CT molecular complexity index is 132. The molecule has 1 fully saturated rings. The van der Waals surface area contributed by atoms with Crippen LogP contribution in [0, 0.1) is 0 Å². The van der Waals surface area contributed by atoms with Gasteiger partial charge in [0.25, 0.3) is 0 Å². The first-order chi connectivity index (χ1) is 4.75. The molecule has 3 heteroatoms. The smallest absolute Gasteiger partial charge is 0.209 e. The molecule has 0 saturated heterocycles. The summed E-state index contributed by atoms with van der Waals surface area (Å²) in [7, 11) is 3.47. The monoisotopic (exact) mass is 143 g/mol. The van der Waals surface area contributed by atoms with Crippen molar-refractivity contribution in [2.75, 3.05) is 20.8 Å². The van der Waals surface area contributed by atoms with Gasteiger partial charge in [0.2, 0.25) is 6.41 Å². The van der Waals surface area contributed by atoms with Crippen molar-refractivity contribution >= 4 is 6.41 Å². The Morgan fingerprint density at radius 3 is 2.60 bits per heavy atom. The molecule has 58 valence electrons. The zero-order chi connectivity index (χ0) is 7.61. The molecule has 0 bridgehead atoms. The highest BCUT2D eigenvalue weighted by atomic mass is 16.5. The summed E-state index contributed by atoms with van der Waals surface area (Å²) in [6.45, 7) is 0.669. The zero-order valence-electron chi connectivity index (χ0n) is 6.46. The summed E-state index contributed by atoms with van der Waals surface area (Å²) < 4.78 is 4.99. The predicted octanol–water partition coefficient (Wildman–Crippen LogP) is 0.254. The molecule has 1 rings (SSSR count). The van der Waals surface area contributed by atoms with Gasteiger partial charge >= 0.3 is 0 Å². The van der Waals surface area contributed by atoms with Crippen LogP contribution >= 0.6 is 0 Å². The third-order valence-corrected chi connectivity index (χ3v) is 2.15. The normalized spacial score (nSPS) is 20.2. The van der Waals surface area contributed by atoms with Crippen molar-refractivity contribution in [1.82, 2.24) is 4.90 Å². The lowest BCUT2D eigenvalue weighted by Crippen LogP contribution is -2.36. The van der Waals surface area contributed by atoms with Crippen LogP contribution in [-0.4, -0.2) is 37.6 Å². The summed E-state index contributed by atoms with van der Waals surface area (Å²) in [5, 5.41) is 0. The Morgan fingerprint density at radius 2 is 2.30 bits per heavy atom. The molecular weight excluding hydrogens is 130 g/mol. The van der Waals surface area contributed by atoms with Crippen molar-refractivity contribution < 1.29 is 9.53 Å². The Kier molecular flexibility index (Phi) is 1.94. The van der Waals surface area contributed by atoms with Crippen LogP contribution in [0.25, 0.3) is 0 Å². The van der Waals surface area contributed by atoms with Crippen LogP contribution < -0.4 is 0 Å². The van der Waals surface area contributed by atoms with Gasteiger partial charge < -0.3 is 9.64 Å². The van der Waals surface area contributed by atoms with E-state index < -0.39 is 0 Å². The average molecular weight is 143 g/mol. The van der Waals surface area contributed by atoms with Crippen LogP contribution in [0.3, 0.4) is 0 Å². The van der Waals surface area contributed by atoms with E-state index in [4.69, 9.17) is 4.74 Å². The molecule has 10 heavy (non-hydrogen) atoms. The van der Waals surface area contributed by atoms with E-state index in [1.54, 1.807) is 19.1 Å². The van der Waals surface area contributed by atoms with Gasteiger partial charge in [-0.2, -0.15) is 0 Å². The number of rotatable bonds is 4. The number of nitrogens with zero attached hydrogens (tertiary/aromatic N) is 1. The molecule has 0 radical (unpaired) electrons. The van der Waals surface area contributed by atoms with E-state index >= 15 is 0 Å². The number of amides is 1. The molecule has 0 aliphatic heterocycles. The van der Waals surface area contributed by atoms with Crippen LogP contribution in [0.1, 0.15) is 12.8 Å². The molecule has 1 amide bonds. The molecule has 0 N–H and O–H groups in total. The lowest BCUT2D eigenvalue weighted by Gasteiger charge is -2.22. The van der Waals surface area contributed by atoms with Gasteiger partial charge in [-0.25, -0.2) is 0 Å². The SMILES string of the molecule is COCC1(N(C)C=O)CC1. The number of hydrogen-bond acceptors (Lipinski definition) is 2. The predicted molar refractivity (Wildman–Crippen MR) is 37.7 cm³/mol. The summed E-state index contributed by atoms with van der Waals surface area (Å²) in [6, 6.07) is 0. The van der Waals surface area contributed by atoms with Crippen LogP contribution in [-0.2, 0) is 9.53 Å². The molecule has 0 atom stereocenters. The van der Waals surface area contributed by atoms with Crippen LogP contribution in [0.4, 0.5) is 0 Å². The molecule has 0 aromatic heterocycles. The summed E-state index contributed by atoms with van der Waals surface area (Å²) in [5.41, 5.74) is 0.0521. The standard InChI is InChI=1S/C7H13NO2/c1-8(6-9)7(3-4-7)5-10-2/h6H,3-5H2,1-2H3. The number of ether oxygens (including phenoxy) is 1. The molecule has 0 heterocycles. The van der Waals surface area contributed by atoms with Crippen molar-refractivity contribution in [3.63, 3.8) is 0 Å². The fourth-order valence-corrected chi connectivity index (χ4v) is 1.12. The van der Waals surface area contributed by atoms with Crippen LogP contribution in [0.5, 0.6) is 0 Å². The Labute approximate surface area is 61.0 Å². The van der Waals surface area contributed by atoms with E-state index in [9.17, 15) is 4.79 Å². The molecule has 0 unspecified atom stereocenters. The minimum absolute atomic E-state index is 0.0521. The van der Waals surface area contributed by atoms with E-state index in [2.05, 4.69) is 0 Å². The van der Waals surface area contributed by atoms with Crippen LogP contribution in [0.2, 0.25) is 0 Å². The lowest BCUT2D eigenvalue weighted by atomic mass is 10.3. The number of likely N-dealkylation sites (N-methyl/N-ethyl adjacent to an activating group) is 1. The van der Waals surface area contributed by atoms with Crippen molar-refractivity contribution in [2.24, 2.45) is 0 Å². The molecule has 1 aliphatic carbocycles. The maximum Gasteiger partial charge on any atom is 0.209 e. The first-order valence-electron chi connectivity index (χ1n) is 3.42. The first-order valence-corrected chi connectivity index (χ1v) is 3.42. The number of carbonyl (C=O) groups is 1. The molecule has 1 aliphatic rings. The van der Waals surface area contributed by atoms with Crippen molar-refractivity contribution in [3.8, 4) is 0 Å². The maximum atomic E-state index is 10.3. The third kappa shape index (κ3) is 1.14. The maximum absolute atomic E-state index is 10.3. The second kappa shape index (κ2) is 2.58. The average Bonchev–Trinajstić information content (AvgIpc) is 2.69. The topological polar surface area (TPSA) is 29.5 Å². The van der Waals surface area contributed by atoms with E-state index in [-0.39, 0.29) is 5.54 Å². The second-order valence-electron chi connectivity index (χ2n) is 2.87. The Morgan fingerprint density at radius 1 is 1.70 bits per heavy atom. The third-order valence-electron chi connectivity index (χ3n) is 2.15. The molecule has 3 nitrogen and oxygen atoms in total. The van der Waals surface area contributed by atoms with E-state index in [0.29, 0.717) is 6.61 Å². The summed E-state index contributed by atoms with van der Waals surface area (Å²) >= 11 is 0. The highest BCUT2D eigenvalue weighted by molar-refractivity contribution is 5.49. The first kappa shape index (κ1) is 7.54. The Balaban J connectivity index is 2.42. The van der Waals surface area contributed by atoms with E-state index in [0.717, 1.165) is 19.3 Å². The minimum Gasteiger partial charge on any atom is -0.382 e. The minimum atomic E-state index is 0.0521. The molecule has 0 aromatic rings. The summed E-state index contributed by atoms with van der Waals surface area (Å²) in [6.07, 6.45) is 3.03. The number of carbonyl (C=O) groups excluding carboxylic acids is 1.